The minimum Gasteiger partial charge on any atom is -0.343 e. The molecule has 4 nitrogen and oxygen atoms in total. The van der Waals surface area contributed by atoms with Crippen LogP contribution in [0.4, 0.5) is 23.2 Å². The summed E-state index contributed by atoms with van der Waals surface area (Å²) in [5.74, 6) is -2.02. The van der Waals surface area contributed by atoms with Crippen LogP contribution >= 0.6 is 0 Å². The van der Waals surface area contributed by atoms with Gasteiger partial charge in [-0.25, -0.2) is 4.39 Å². The number of benzene rings is 1. The number of hydrogen-bond acceptors (Lipinski definition) is 2. The Bertz CT molecular complexity index is 643. The molecule has 23 heavy (non-hydrogen) atoms. The third kappa shape index (κ3) is 4.43. The first-order valence-electron chi connectivity index (χ1n) is 7.04. The van der Waals surface area contributed by atoms with Crippen LogP contribution in [-0.2, 0) is 4.79 Å². The van der Waals surface area contributed by atoms with Gasteiger partial charge in [-0.3, -0.25) is 9.59 Å². The van der Waals surface area contributed by atoms with E-state index >= 15 is 0 Å². The molecule has 0 spiro atoms. The number of carbonyl (C=O) groups excluding carboxylic acids is 2. The maximum atomic E-state index is 13.9. The Morgan fingerprint density at radius 1 is 1.30 bits per heavy atom. The third-order valence-electron chi connectivity index (χ3n) is 3.76. The van der Waals surface area contributed by atoms with Crippen molar-refractivity contribution in [1.29, 1.82) is 0 Å². The van der Waals surface area contributed by atoms with Gasteiger partial charge >= 0.3 is 6.18 Å². The lowest BCUT2D eigenvalue weighted by Gasteiger charge is -2.13. The van der Waals surface area contributed by atoms with E-state index in [1.807, 2.05) is 6.92 Å². The molecule has 2 N–H and O–H groups in total. The molecule has 0 saturated heterocycles. The fourth-order valence-electron chi connectivity index (χ4n) is 2.14. The Labute approximate surface area is 130 Å². The van der Waals surface area contributed by atoms with Crippen LogP contribution in [0.3, 0.4) is 0 Å². The lowest BCUT2D eigenvalue weighted by molar-refractivity contribution is -0.123. The maximum Gasteiger partial charge on any atom is 0.405 e. The molecule has 2 rings (SSSR count). The van der Waals surface area contributed by atoms with Gasteiger partial charge in [-0.1, -0.05) is 6.92 Å². The summed E-state index contributed by atoms with van der Waals surface area (Å²) in [7, 11) is 0. The van der Waals surface area contributed by atoms with Gasteiger partial charge in [0.15, 0.2) is 0 Å². The van der Waals surface area contributed by atoms with Gasteiger partial charge in [-0.2, -0.15) is 13.2 Å². The van der Waals surface area contributed by atoms with Crippen molar-refractivity contribution in [3.05, 3.63) is 29.1 Å². The van der Waals surface area contributed by atoms with Crippen molar-refractivity contribution in [2.75, 3.05) is 11.9 Å². The Balaban J connectivity index is 2.15. The SMILES string of the molecule is Cc1c(F)cc(C(=O)NCC(F)(F)F)cc1NC(=O)[C@H]1C[C@@H]1C. The molecule has 2 amide bonds. The van der Waals surface area contributed by atoms with E-state index in [0.29, 0.717) is 0 Å². The summed E-state index contributed by atoms with van der Waals surface area (Å²) in [6, 6.07) is 2.02. The van der Waals surface area contributed by atoms with Crippen LogP contribution in [0.5, 0.6) is 0 Å². The number of hydrogen-bond donors (Lipinski definition) is 2. The lowest BCUT2D eigenvalue weighted by Crippen LogP contribution is -2.33. The fraction of sp³-hybridized carbons (Fsp3) is 0.467. The molecule has 0 bridgehead atoms. The summed E-state index contributed by atoms with van der Waals surface area (Å²) in [5.41, 5.74) is -0.0678. The molecule has 0 unspecified atom stereocenters. The van der Waals surface area contributed by atoms with E-state index in [1.165, 1.54) is 13.0 Å². The molecule has 1 saturated carbocycles. The summed E-state index contributed by atoms with van der Waals surface area (Å²) >= 11 is 0. The van der Waals surface area contributed by atoms with E-state index in [1.54, 1.807) is 5.32 Å². The zero-order valence-electron chi connectivity index (χ0n) is 12.6. The van der Waals surface area contributed by atoms with Crippen LogP contribution < -0.4 is 10.6 Å². The van der Waals surface area contributed by atoms with E-state index in [4.69, 9.17) is 0 Å². The van der Waals surface area contributed by atoms with Crippen LogP contribution in [0, 0.1) is 24.6 Å². The van der Waals surface area contributed by atoms with Gasteiger partial charge in [0.2, 0.25) is 5.91 Å². The van der Waals surface area contributed by atoms with Gasteiger partial charge in [0, 0.05) is 22.7 Å². The standard InChI is InChI=1S/C15H16F4N2O2/c1-7-3-10(7)14(23)21-12-5-9(4-11(16)8(12)2)13(22)20-6-15(17,18)19/h4-5,7,10H,3,6H2,1-2H3,(H,20,22)(H,21,23)/t7-,10-/m0/s1. The van der Waals surface area contributed by atoms with Crippen molar-refractivity contribution in [2.45, 2.75) is 26.4 Å². The number of amides is 2. The minimum atomic E-state index is -4.56. The maximum absolute atomic E-state index is 13.9. The monoisotopic (exact) mass is 332 g/mol. The van der Waals surface area contributed by atoms with Crippen LogP contribution in [0.1, 0.15) is 29.3 Å². The van der Waals surface area contributed by atoms with E-state index in [9.17, 15) is 27.2 Å². The molecular formula is C15H16F4N2O2. The normalized spacial score (nSPS) is 20.1. The molecule has 1 fully saturated rings. The highest BCUT2D eigenvalue weighted by Gasteiger charge is 2.39. The molecule has 0 aromatic heterocycles. The predicted molar refractivity (Wildman–Crippen MR) is 75.4 cm³/mol. The van der Waals surface area contributed by atoms with E-state index in [-0.39, 0.29) is 34.6 Å². The Morgan fingerprint density at radius 2 is 1.91 bits per heavy atom. The average Bonchev–Trinajstić information content (AvgIpc) is 3.17. The van der Waals surface area contributed by atoms with Crippen LogP contribution in [0.2, 0.25) is 0 Å². The van der Waals surface area contributed by atoms with E-state index in [2.05, 4.69) is 5.32 Å². The van der Waals surface area contributed by atoms with Gasteiger partial charge in [0.05, 0.1) is 0 Å². The number of rotatable bonds is 4. The molecule has 1 aromatic carbocycles. The highest BCUT2D eigenvalue weighted by atomic mass is 19.4. The third-order valence-corrected chi connectivity index (χ3v) is 3.76. The number of carbonyl (C=O) groups is 2. The van der Waals surface area contributed by atoms with Crippen molar-refractivity contribution in [3.8, 4) is 0 Å². The fourth-order valence-corrected chi connectivity index (χ4v) is 2.14. The first-order valence-corrected chi connectivity index (χ1v) is 7.04. The van der Waals surface area contributed by atoms with Gasteiger partial charge in [0.25, 0.3) is 5.91 Å². The predicted octanol–water partition coefficient (Wildman–Crippen LogP) is 3.02. The Kier molecular flexibility index (Phi) is 4.63. The second kappa shape index (κ2) is 6.17. The molecule has 1 aliphatic carbocycles. The molecule has 8 heteroatoms. The summed E-state index contributed by atoms with van der Waals surface area (Å²) in [5, 5.41) is 4.19. The Morgan fingerprint density at radius 3 is 2.43 bits per heavy atom. The first-order chi connectivity index (χ1) is 10.6. The first kappa shape index (κ1) is 17.2. The van der Waals surface area contributed by atoms with E-state index in [0.717, 1.165) is 12.5 Å². The van der Waals surface area contributed by atoms with Gasteiger partial charge in [0.1, 0.15) is 12.4 Å². The molecule has 0 radical (unpaired) electrons. The topological polar surface area (TPSA) is 58.2 Å². The zero-order chi connectivity index (χ0) is 17.4. The molecule has 0 aliphatic heterocycles. The van der Waals surface area contributed by atoms with Crippen LogP contribution in [0.15, 0.2) is 12.1 Å². The van der Waals surface area contributed by atoms with Crippen molar-refractivity contribution >= 4 is 17.5 Å². The molecule has 1 aromatic rings. The molecule has 126 valence electrons. The van der Waals surface area contributed by atoms with Crippen molar-refractivity contribution in [1.82, 2.24) is 5.32 Å². The van der Waals surface area contributed by atoms with Gasteiger partial charge in [-0.15, -0.1) is 0 Å². The molecule has 2 atom stereocenters. The summed E-state index contributed by atoms with van der Waals surface area (Å²) in [4.78, 5) is 23.6. The highest BCUT2D eigenvalue weighted by Crippen LogP contribution is 2.38. The van der Waals surface area contributed by atoms with Crippen LogP contribution in [-0.4, -0.2) is 24.5 Å². The van der Waals surface area contributed by atoms with Gasteiger partial charge < -0.3 is 10.6 Å². The quantitative estimate of drug-likeness (QED) is 0.833. The zero-order valence-corrected chi connectivity index (χ0v) is 12.6. The second-order valence-electron chi connectivity index (χ2n) is 5.74. The van der Waals surface area contributed by atoms with Crippen LogP contribution in [0.25, 0.3) is 0 Å². The summed E-state index contributed by atoms with van der Waals surface area (Å²) < 4.78 is 50.2. The number of anilines is 1. The summed E-state index contributed by atoms with van der Waals surface area (Å²) in [6.45, 7) is 1.81. The number of halogens is 4. The molecule has 0 heterocycles. The summed E-state index contributed by atoms with van der Waals surface area (Å²) in [6.07, 6.45) is -3.82. The largest absolute Gasteiger partial charge is 0.405 e. The minimum absolute atomic E-state index is 0.0891. The molecule has 1 aliphatic rings. The lowest BCUT2D eigenvalue weighted by atomic mass is 10.1. The Hall–Kier alpha value is -2.12. The van der Waals surface area contributed by atoms with Crippen molar-refractivity contribution < 1.29 is 27.2 Å². The highest BCUT2D eigenvalue weighted by molar-refractivity contribution is 5.99. The van der Waals surface area contributed by atoms with Crippen molar-refractivity contribution in [2.24, 2.45) is 11.8 Å². The molecular weight excluding hydrogens is 316 g/mol. The van der Waals surface area contributed by atoms with E-state index < -0.39 is 24.4 Å². The van der Waals surface area contributed by atoms with Crippen molar-refractivity contribution in [3.63, 3.8) is 0 Å². The smallest absolute Gasteiger partial charge is 0.343 e. The average molecular weight is 332 g/mol. The number of nitrogens with one attached hydrogen (secondary N) is 2. The number of alkyl halides is 3. The second-order valence-corrected chi connectivity index (χ2v) is 5.74. The van der Waals surface area contributed by atoms with Gasteiger partial charge in [-0.05, 0) is 31.4 Å².